The van der Waals surface area contributed by atoms with Crippen molar-refractivity contribution < 1.29 is 9.47 Å². The Morgan fingerprint density at radius 1 is 1.40 bits per heavy atom. The van der Waals surface area contributed by atoms with Crippen LogP contribution >= 0.6 is 15.9 Å². The highest BCUT2D eigenvalue weighted by atomic mass is 79.9. The van der Waals surface area contributed by atoms with Crippen LogP contribution in [0.4, 0.5) is 0 Å². The van der Waals surface area contributed by atoms with E-state index in [1.807, 2.05) is 0 Å². The monoisotopic (exact) mass is 339 g/mol. The first-order valence-corrected chi connectivity index (χ1v) is 8.35. The van der Waals surface area contributed by atoms with Gasteiger partial charge < -0.3 is 14.8 Å². The van der Waals surface area contributed by atoms with Crippen molar-refractivity contribution in [3.8, 4) is 5.75 Å². The predicted octanol–water partition coefficient (Wildman–Crippen LogP) is 3.29. The van der Waals surface area contributed by atoms with Crippen LogP contribution in [0.1, 0.15) is 30.4 Å². The third-order valence-corrected chi connectivity index (χ3v) is 4.61. The van der Waals surface area contributed by atoms with Crippen LogP contribution in [0.15, 0.2) is 16.6 Å². The van der Waals surface area contributed by atoms with Gasteiger partial charge in [0.05, 0.1) is 13.2 Å². The fourth-order valence-electron chi connectivity index (χ4n) is 3.06. The second-order valence-corrected chi connectivity index (χ2v) is 6.62. The van der Waals surface area contributed by atoms with Gasteiger partial charge in [-0.05, 0) is 56.0 Å². The Morgan fingerprint density at radius 2 is 2.35 bits per heavy atom. The van der Waals surface area contributed by atoms with Crippen molar-refractivity contribution in [2.75, 3.05) is 26.3 Å². The lowest BCUT2D eigenvalue weighted by Crippen LogP contribution is -2.30. The van der Waals surface area contributed by atoms with E-state index in [9.17, 15) is 0 Å². The molecule has 1 unspecified atom stereocenters. The topological polar surface area (TPSA) is 30.5 Å². The zero-order chi connectivity index (χ0) is 13.8. The van der Waals surface area contributed by atoms with E-state index in [1.54, 1.807) is 0 Å². The van der Waals surface area contributed by atoms with Gasteiger partial charge >= 0.3 is 0 Å². The molecule has 0 bridgehead atoms. The molecule has 0 radical (unpaired) electrons. The minimum absolute atomic E-state index is 0.655. The lowest BCUT2D eigenvalue weighted by atomic mass is 9.97. The molecule has 1 saturated heterocycles. The summed E-state index contributed by atoms with van der Waals surface area (Å²) in [6.45, 7) is 4.62. The number of nitrogens with one attached hydrogen (secondary N) is 1. The van der Waals surface area contributed by atoms with Gasteiger partial charge in [-0.3, -0.25) is 0 Å². The smallest absolute Gasteiger partial charge is 0.128 e. The van der Waals surface area contributed by atoms with Gasteiger partial charge in [-0.1, -0.05) is 15.9 Å². The quantitative estimate of drug-likeness (QED) is 0.835. The molecule has 0 spiro atoms. The highest BCUT2D eigenvalue weighted by Crippen LogP contribution is 2.33. The standard InChI is InChI=1S/C16H22BrNO2/c17-15-8-13-4-7-20-16(13)14(9-15)11-19-6-3-12-2-1-5-18-10-12/h8-9,12,18H,1-7,10-11H2. The third-order valence-electron chi connectivity index (χ3n) is 4.15. The molecule has 1 aromatic carbocycles. The summed E-state index contributed by atoms with van der Waals surface area (Å²) in [7, 11) is 0. The molecule has 3 rings (SSSR count). The lowest BCUT2D eigenvalue weighted by Gasteiger charge is -2.22. The van der Waals surface area contributed by atoms with Crippen molar-refractivity contribution in [2.24, 2.45) is 5.92 Å². The predicted molar refractivity (Wildman–Crippen MR) is 83.2 cm³/mol. The van der Waals surface area contributed by atoms with Crippen molar-refractivity contribution in [1.29, 1.82) is 0 Å². The Bertz CT molecular complexity index is 458. The highest BCUT2D eigenvalue weighted by molar-refractivity contribution is 9.10. The molecule has 4 heteroatoms. The van der Waals surface area contributed by atoms with Crippen LogP contribution in [-0.2, 0) is 17.8 Å². The highest BCUT2D eigenvalue weighted by Gasteiger charge is 2.18. The summed E-state index contributed by atoms with van der Waals surface area (Å²) in [4.78, 5) is 0. The first-order chi connectivity index (χ1) is 9.83. The van der Waals surface area contributed by atoms with Gasteiger partial charge in [-0.2, -0.15) is 0 Å². The summed E-state index contributed by atoms with van der Waals surface area (Å²) < 4.78 is 12.7. The van der Waals surface area contributed by atoms with Gasteiger partial charge in [-0.15, -0.1) is 0 Å². The van der Waals surface area contributed by atoms with Crippen LogP contribution in [0.5, 0.6) is 5.75 Å². The summed E-state index contributed by atoms with van der Waals surface area (Å²) in [6.07, 6.45) is 4.81. The van der Waals surface area contributed by atoms with Crippen LogP contribution in [0.2, 0.25) is 0 Å². The van der Waals surface area contributed by atoms with Crippen molar-refractivity contribution in [3.05, 3.63) is 27.7 Å². The Labute approximate surface area is 129 Å². The molecule has 1 N–H and O–H groups in total. The van der Waals surface area contributed by atoms with E-state index in [0.29, 0.717) is 6.61 Å². The summed E-state index contributed by atoms with van der Waals surface area (Å²) in [5.41, 5.74) is 2.48. The van der Waals surface area contributed by atoms with Gasteiger partial charge in [-0.25, -0.2) is 0 Å². The molecule has 0 amide bonds. The average molecular weight is 340 g/mol. The van der Waals surface area contributed by atoms with E-state index < -0.39 is 0 Å². The molecule has 2 aliphatic heterocycles. The number of rotatable bonds is 5. The number of hydrogen-bond acceptors (Lipinski definition) is 3. The van der Waals surface area contributed by atoms with Crippen molar-refractivity contribution in [1.82, 2.24) is 5.32 Å². The Balaban J connectivity index is 1.49. The molecule has 3 nitrogen and oxygen atoms in total. The summed E-state index contributed by atoms with van der Waals surface area (Å²) >= 11 is 3.57. The molecule has 1 atom stereocenters. The zero-order valence-electron chi connectivity index (χ0n) is 11.8. The van der Waals surface area contributed by atoms with Crippen LogP contribution in [0.3, 0.4) is 0 Å². The lowest BCUT2D eigenvalue weighted by molar-refractivity contribution is 0.102. The number of benzene rings is 1. The third kappa shape index (κ3) is 3.54. The van der Waals surface area contributed by atoms with E-state index in [1.165, 1.54) is 30.5 Å². The zero-order valence-corrected chi connectivity index (χ0v) is 13.4. The molecule has 2 heterocycles. The molecule has 1 fully saturated rings. The largest absolute Gasteiger partial charge is 0.493 e. The first kappa shape index (κ1) is 14.4. The SMILES string of the molecule is Brc1cc2c(c(COCCC3CCCNC3)c1)OCC2. The second kappa shape index (κ2) is 6.92. The molecule has 0 saturated carbocycles. The molecule has 0 aliphatic carbocycles. The number of fused-ring (bicyclic) bond motifs is 1. The number of halogens is 1. The van der Waals surface area contributed by atoms with E-state index in [4.69, 9.17) is 9.47 Å². The molecular formula is C16H22BrNO2. The first-order valence-electron chi connectivity index (χ1n) is 7.55. The van der Waals surface area contributed by atoms with Crippen LogP contribution in [0, 0.1) is 5.92 Å². The van der Waals surface area contributed by atoms with Gasteiger partial charge in [0.1, 0.15) is 5.75 Å². The molecule has 2 aliphatic rings. The summed E-state index contributed by atoms with van der Waals surface area (Å²) in [5.74, 6) is 1.83. The fraction of sp³-hybridized carbons (Fsp3) is 0.625. The van der Waals surface area contributed by atoms with E-state index in [2.05, 4.69) is 33.4 Å². The number of piperidine rings is 1. The average Bonchev–Trinajstić information content (AvgIpc) is 2.92. The van der Waals surface area contributed by atoms with Gasteiger partial charge in [0.25, 0.3) is 0 Å². The summed E-state index contributed by atoms with van der Waals surface area (Å²) in [5, 5.41) is 3.45. The Hall–Kier alpha value is -0.580. The van der Waals surface area contributed by atoms with Crippen molar-refractivity contribution in [2.45, 2.75) is 32.3 Å². The minimum atomic E-state index is 0.655. The van der Waals surface area contributed by atoms with Gasteiger partial charge in [0.2, 0.25) is 0 Å². The van der Waals surface area contributed by atoms with E-state index in [-0.39, 0.29) is 0 Å². The fourth-order valence-corrected chi connectivity index (χ4v) is 3.61. The maximum Gasteiger partial charge on any atom is 0.128 e. The van der Waals surface area contributed by atoms with Crippen LogP contribution in [-0.4, -0.2) is 26.3 Å². The Kier molecular flexibility index (Phi) is 4.97. The molecular weight excluding hydrogens is 318 g/mol. The van der Waals surface area contributed by atoms with E-state index in [0.717, 1.165) is 48.7 Å². The van der Waals surface area contributed by atoms with Crippen LogP contribution < -0.4 is 10.1 Å². The van der Waals surface area contributed by atoms with Gasteiger partial charge in [0.15, 0.2) is 0 Å². The van der Waals surface area contributed by atoms with Crippen molar-refractivity contribution in [3.63, 3.8) is 0 Å². The minimum Gasteiger partial charge on any atom is -0.493 e. The summed E-state index contributed by atoms with van der Waals surface area (Å²) in [6, 6.07) is 4.27. The number of ether oxygens (including phenoxy) is 2. The maximum absolute atomic E-state index is 5.87. The number of hydrogen-bond donors (Lipinski definition) is 1. The van der Waals surface area contributed by atoms with Crippen molar-refractivity contribution >= 4 is 15.9 Å². The maximum atomic E-state index is 5.87. The molecule has 20 heavy (non-hydrogen) atoms. The van der Waals surface area contributed by atoms with Gasteiger partial charge in [0, 0.05) is 23.1 Å². The Morgan fingerprint density at radius 3 is 3.20 bits per heavy atom. The normalized spacial score (nSPS) is 21.6. The molecule has 1 aromatic rings. The molecule has 0 aromatic heterocycles. The van der Waals surface area contributed by atoms with E-state index >= 15 is 0 Å². The second-order valence-electron chi connectivity index (χ2n) is 5.71. The molecule has 110 valence electrons. The van der Waals surface area contributed by atoms with Crippen LogP contribution in [0.25, 0.3) is 0 Å².